The SMILES string of the molecule is CN(C)c1ncc(-c2cccc(F)c2)c(C2CCCCN2C(=O)COc2ccccc2)n1. The van der Waals surface area contributed by atoms with Gasteiger partial charge in [-0.3, -0.25) is 4.79 Å². The lowest BCUT2D eigenvalue weighted by Crippen LogP contribution is -2.41. The second kappa shape index (κ2) is 9.77. The van der Waals surface area contributed by atoms with Crippen molar-refractivity contribution in [2.45, 2.75) is 25.3 Å². The zero-order chi connectivity index (χ0) is 22.5. The Balaban J connectivity index is 1.67. The maximum absolute atomic E-state index is 14.0. The van der Waals surface area contributed by atoms with Crippen molar-refractivity contribution in [2.24, 2.45) is 0 Å². The standard InChI is InChI=1S/C25H27FN4O2/c1-29(2)25-27-16-21(18-9-8-10-19(26)15-18)24(28-25)22-13-6-7-14-30(22)23(31)17-32-20-11-4-3-5-12-20/h3-5,8-12,15-16,22H,6-7,13-14,17H2,1-2H3. The van der Waals surface area contributed by atoms with Crippen LogP contribution in [0.2, 0.25) is 0 Å². The van der Waals surface area contributed by atoms with Gasteiger partial charge in [-0.25, -0.2) is 14.4 Å². The molecule has 0 N–H and O–H groups in total. The van der Waals surface area contributed by atoms with Crippen LogP contribution in [-0.4, -0.2) is 48.0 Å². The van der Waals surface area contributed by atoms with E-state index in [0.717, 1.165) is 30.5 Å². The predicted octanol–water partition coefficient (Wildman–Crippen LogP) is 4.48. The van der Waals surface area contributed by atoms with Gasteiger partial charge in [0.25, 0.3) is 5.91 Å². The second-order valence-corrected chi connectivity index (χ2v) is 8.07. The molecule has 1 unspecified atom stereocenters. The number of aromatic nitrogens is 2. The van der Waals surface area contributed by atoms with E-state index < -0.39 is 0 Å². The molecule has 1 aromatic heterocycles. The van der Waals surface area contributed by atoms with Crippen molar-refractivity contribution in [1.29, 1.82) is 0 Å². The van der Waals surface area contributed by atoms with Gasteiger partial charge in [0.05, 0.1) is 11.7 Å². The quantitative estimate of drug-likeness (QED) is 0.573. The van der Waals surface area contributed by atoms with Gasteiger partial charge in [-0.15, -0.1) is 0 Å². The van der Waals surface area contributed by atoms with Crippen LogP contribution in [-0.2, 0) is 4.79 Å². The third kappa shape index (κ3) is 4.88. The number of anilines is 1. The summed E-state index contributed by atoms with van der Waals surface area (Å²) >= 11 is 0. The van der Waals surface area contributed by atoms with Crippen molar-refractivity contribution >= 4 is 11.9 Å². The molecular weight excluding hydrogens is 407 g/mol. The number of rotatable bonds is 6. The number of likely N-dealkylation sites (tertiary alicyclic amines) is 1. The van der Waals surface area contributed by atoms with Gasteiger partial charge < -0.3 is 14.5 Å². The summed E-state index contributed by atoms with van der Waals surface area (Å²) in [6.07, 6.45) is 4.42. The first-order valence-electron chi connectivity index (χ1n) is 10.8. The molecule has 0 spiro atoms. The third-order valence-electron chi connectivity index (χ3n) is 5.59. The Morgan fingerprint density at radius 1 is 1.16 bits per heavy atom. The van der Waals surface area contributed by atoms with E-state index in [-0.39, 0.29) is 24.4 Å². The van der Waals surface area contributed by atoms with Gasteiger partial charge in [-0.2, -0.15) is 0 Å². The van der Waals surface area contributed by atoms with Crippen molar-refractivity contribution in [2.75, 3.05) is 32.1 Å². The van der Waals surface area contributed by atoms with E-state index in [1.807, 2.05) is 60.3 Å². The lowest BCUT2D eigenvalue weighted by Gasteiger charge is -2.36. The molecule has 1 fully saturated rings. The molecule has 0 radical (unpaired) electrons. The Morgan fingerprint density at radius 2 is 1.97 bits per heavy atom. The van der Waals surface area contributed by atoms with E-state index in [4.69, 9.17) is 9.72 Å². The number of piperidine rings is 1. The number of hydrogen-bond donors (Lipinski definition) is 0. The molecule has 32 heavy (non-hydrogen) atoms. The number of amides is 1. The van der Waals surface area contributed by atoms with E-state index >= 15 is 0 Å². The molecule has 1 aliphatic rings. The largest absolute Gasteiger partial charge is 0.484 e. The zero-order valence-electron chi connectivity index (χ0n) is 18.4. The lowest BCUT2D eigenvalue weighted by atomic mass is 9.93. The first-order chi connectivity index (χ1) is 15.5. The van der Waals surface area contributed by atoms with Crippen LogP contribution >= 0.6 is 0 Å². The molecule has 0 aliphatic carbocycles. The number of para-hydroxylation sites is 1. The minimum atomic E-state index is -0.321. The monoisotopic (exact) mass is 434 g/mol. The topological polar surface area (TPSA) is 58.6 Å². The summed E-state index contributed by atoms with van der Waals surface area (Å²) in [6.45, 7) is 0.590. The summed E-state index contributed by atoms with van der Waals surface area (Å²) in [7, 11) is 3.75. The van der Waals surface area contributed by atoms with E-state index in [9.17, 15) is 9.18 Å². The molecule has 4 rings (SSSR count). The first-order valence-corrected chi connectivity index (χ1v) is 10.8. The van der Waals surface area contributed by atoms with Crippen LogP contribution in [0.25, 0.3) is 11.1 Å². The molecule has 1 saturated heterocycles. The summed E-state index contributed by atoms with van der Waals surface area (Å²) in [5, 5.41) is 0. The number of hydrogen-bond acceptors (Lipinski definition) is 5. The van der Waals surface area contributed by atoms with Crippen molar-refractivity contribution in [3.63, 3.8) is 0 Å². The van der Waals surface area contributed by atoms with E-state index in [1.54, 1.807) is 12.3 Å². The van der Waals surface area contributed by atoms with Gasteiger partial charge in [0.1, 0.15) is 11.6 Å². The fourth-order valence-corrected chi connectivity index (χ4v) is 3.99. The minimum Gasteiger partial charge on any atom is -0.484 e. The van der Waals surface area contributed by atoms with Crippen molar-refractivity contribution in [3.05, 3.63) is 72.3 Å². The molecule has 1 aliphatic heterocycles. The Labute approximate surface area is 187 Å². The van der Waals surface area contributed by atoms with Gasteiger partial charge in [0.15, 0.2) is 6.61 Å². The highest BCUT2D eigenvalue weighted by Crippen LogP contribution is 2.36. The van der Waals surface area contributed by atoms with Gasteiger partial charge in [0.2, 0.25) is 5.95 Å². The van der Waals surface area contributed by atoms with E-state index in [1.165, 1.54) is 12.1 Å². The number of halogens is 1. The predicted molar refractivity (Wildman–Crippen MR) is 122 cm³/mol. The Morgan fingerprint density at radius 3 is 2.72 bits per heavy atom. The van der Waals surface area contributed by atoms with Gasteiger partial charge in [-0.05, 0) is 49.1 Å². The molecule has 3 aromatic rings. The van der Waals surface area contributed by atoms with E-state index in [0.29, 0.717) is 23.8 Å². The van der Waals surface area contributed by atoms with Gasteiger partial charge in [-0.1, -0.05) is 30.3 Å². The summed E-state index contributed by atoms with van der Waals surface area (Å²) in [5.41, 5.74) is 2.18. The maximum Gasteiger partial charge on any atom is 0.261 e. The second-order valence-electron chi connectivity index (χ2n) is 8.07. The van der Waals surface area contributed by atoms with Crippen LogP contribution in [0.3, 0.4) is 0 Å². The van der Waals surface area contributed by atoms with Crippen LogP contribution < -0.4 is 9.64 Å². The highest BCUT2D eigenvalue weighted by Gasteiger charge is 2.32. The molecular formula is C25H27FN4O2. The molecule has 0 saturated carbocycles. The molecule has 2 heterocycles. The van der Waals surface area contributed by atoms with Gasteiger partial charge in [0, 0.05) is 32.4 Å². The average molecular weight is 435 g/mol. The summed E-state index contributed by atoms with van der Waals surface area (Å²) in [6, 6.07) is 15.5. The molecule has 1 atom stereocenters. The fourth-order valence-electron chi connectivity index (χ4n) is 3.99. The van der Waals surface area contributed by atoms with Crippen molar-refractivity contribution < 1.29 is 13.9 Å². The minimum absolute atomic E-state index is 0.0402. The molecule has 1 amide bonds. The molecule has 6 nitrogen and oxygen atoms in total. The number of carbonyl (C=O) groups is 1. The average Bonchev–Trinajstić information content (AvgIpc) is 2.83. The number of nitrogens with zero attached hydrogens (tertiary/aromatic N) is 4. The first kappa shape index (κ1) is 21.7. The molecule has 7 heteroatoms. The summed E-state index contributed by atoms with van der Waals surface area (Å²) in [4.78, 5) is 26.1. The fraction of sp³-hybridized carbons (Fsp3) is 0.320. The van der Waals surface area contributed by atoms with E-state index in [2.05, 4.69) is 4.98 Å². The van der Waals surface area contributed by atoms with Crippen LogP contribution in [0.1, 0.15) is 31.0 Å². The van der Waals surface area contributed by atoms with Crippen molar-refractivity contribution in [1.82, 2.24) is 14.9 Å². The lowest BCUT2D eigenvalue weighted by molar-refractivity contribution is -0.137. The Kier molecular flexibility index (Phi) is 6.63. The molecule has 0 bridgehead atoms. The Bertz CT molecular complexity index is 1070. The van der Waals surface area contributed by atoms with Gasteiger partial charge >= 0.3 is 0 Å². The molecule has 166 valence electrons. The number of ether oxygens (including phenoxy) is 1. The van der Waals surface area contributed by atoms with Crippen LogP contribution in [0, 0.1) is 5.82 Å². The highest BCUT2D eigenvalue weighted by atomic mass is 19.1. The van der Waals surface area contributed by atoms with Crippen LogP contribution in [0.4, 0.5) is 10.3 Å². The van der Waals surface area contributed by atoms with Crippen LogP contribution in [0.5, 0.6) is 5.75 Å². The third-order valence-corrected chi connectivity index (χ3v) is 5.59. The Hall–Kier alpha value is -3.48. The molecule has 2 aromatic carbocycles. The summed E-state index contributed by atoms with van der Waals surface area (Å²) < 4.78 is 19.7. The normalized spacial score (nSPS) is 16.0. The number of carbonyl (C=O) groups excluding carboxylic acids is 1. The van der Waals surface area contributed by atoms with Crippen LogP contribution in [0.15, 0.2) is 60.8 Å². The number of benzene rings is 2. The summed E-state index contributed by atoms with van der Waals surface area (Å²) in [5.74, 6) is 0.803. The zero-order valence-corrected chi connectivity index (χ0v) is 18.4. The maximum atomic E-state index is 14.0. The highest BCUT2D eigenvalue weighted by molar-refractivity contribution is 5.79. The van der Waals surface area contributed by atoms with Crippen molar-refractivity contribution in [3.8, 4) is 16.9 Å². The smallest absolute Gasteiger partial charge is 0.261 e.